The van der Waals surface area contributed by atoms with Crippen molar-refractivity contribution in [3.05, 3.63) is 102 Å². The number of aryl methyl sites for hydroxylation is 1. The first-order valence-corrected chi connectivity index (χ1v) is 14.6. The molecule has 2 aliphatic rings. The number of rotatable bonds is 6. The number of hydrogen-bond donors (Lipinski definition) is 0. The van der Waals surface area contributed by atoms with Crippen LogP contribution in [0.15, 0.2) is 89.8 Å². The lowest BCUT2D eigenvalue weighted by Crippen LogP contribution is -2.57. The minimum absolute atomic E-state index is 0.0639. The van der Waals surface area contributed by atoms with Crippen LogP contribution in [0.1, 0.15) is 42.0 Å². The smallest absolute Gasteiger partial charge is 0.243 e. The molecule has 3 aromatic rings. The minimum atomic E-state index is -3.73. The van der Waals surface area contributed by atoms with E-state index in [0.717, 1.165) is 31.5 Å². The number of amides is 1. The second-order valence-electron chi connectivity index (χ2n) is 10.0. The maximum Gasteiger partial charge on any atom is 0.243 e. The van der Waals surface area contributed by atoms with Crippen molar-refractivity contribution in [2.45, 2.75) is 43.2 Å². The van der Waals surface area contributed by atoms with E-state index >= 15 is 0 Å². The molecule has 2 fully saturated rings. The van der Waals surface area contributed by atoms with Crippen LogP contribution in [-0.2, 0) is 14.8 Å². The van der Waals surface area contributed by atoms with Gasteiger partial charge in [-0.3, -0.25) is 9.69 Å². The van der Waals surface area contributed by atoms with Crippen molar-refractivity contribution in [1.82, 2.24) is 14.1 Å². The van der Waals surface area contributed by atoms with Crippen LogP contribution in [0.3, 0.4) is 0 Å². The molecule has 0 bridgehead atoms. The molecule has 0 unspecified atom stereocenters. The lowest BCUT2D eigenvalue weighted by molar-refractivity contribution is -0.138. The lowest BCUT2D eigenvalue weighted by Gasteiger charge is -2.42. The second-order valence-corrected chi connectivity index (χ2v) is 11.9. The molecule has 194 valence electrons. The van der Waals surface area contributed by atoms with E-state index in [9.17, 15) is 13.2 Å². The summed E-state index contributed by atoms with van der Waals surface area (Å²) in [6.45, 7) is 4.96. The molecule has 2 aliphatic heterocycles. The average Bonchev–Trinajstić information content (AvgIpc) is 2.95. The number of piperazine rings is 1. The fourth-order valence-corrected chi connectivity index (χ4v) is 7.23. The van der Waals surface area contributed by atoms with Gasteiger partial charge in [-0.15, -0.1) is 0 Å². The van der Waals surface area contributed by atoms with Crippen molar-refractivity contribution in [3.63, 3.8) is 0 Å². The number of carbonyl (C=O) groups is 1. The molecule has 1 amide bonds. The second kappa shape index (κ2) is 11.2. The lowest BCUT2D eigenvalue weighted by atomic mass is 9.96. The van der Waals surface area contributed by atoms with E-state index in [0.29, 0.717) is 26.1 Å². The summed E-state index contributed by atoms with van der Waals surface area (Å²) in [7, 11) is -3.73. The average molecular weight is 518 g/mol. The van der Waals surface area contributed by atoms with E-state index in [1.807, 2.05) is 36.1 Å². The Morgan fingerprint density at radius 3 is 1.89 bits per heavy atom. The van der Waals surface area contributed by atoms with E-state index in [-0.39, 0.29) is 16.8 Å². The number of hydrogen-bond acceptors (Lipinski definition) is 4. The van der Waals surface area contributed by atoms with Gasteiger partial charge in [0.05, 0.1) is 10.9 Å². The summed E-state index contributed by atoms with van der Waals surface area (Å²) in [5.74, 6) is -0.0639. The van der Waals surface area contributed by atoms with E-state index in [2.05, 4.69) is 53.4 Å². The molecule has 0 aromatic heterocycles. The molecular formula is C30H35N3O3S. The van der Waals surface area contributed by atoms with Gasteiger partial charge in [-0.2, -0.15) is 4.31 Å². The Labute approximate surface area is 220 Å². The predicted octanol–water partition coefficient (Wildman–Crippen LogP) is 4.47. The standard InChI is InChI=1S/C30H35N3O3S/c1-24-15-17-27(18-16-24)37(35,36)33-19-9-8-14-28(33)30(34)32-22-20-31(21-23-32)29(25-10-4-2-5-11-25)26-12-6-3-7-13-26/h2-7,10-13,15-18,28-29H,8-9,14,19-23H2,1H3/t28-/m0/s1. The predicted molar refractivity (Wildman–Crippen MR) is 146 cm³/mol. The Hall–Kier alpha value is -3.00. The van der Waals surface area contributed by atoms with Gasteiger partial charge in [0.1, 0.15) is 6.04 Å². The van der Waals surface area contributed by atoms with Crippen LogP contribution >= 0.6 is 0 Å². The first-order valence-electron chi connectivity index (χ1n) is 13.2. The molecular weight excluding hydrogens is 482 g/mol. The zero-order valence-corrected chi connectivity index (χ0v) is 22.2. The summed E-state index contributed by atoms with van der Waals surface area (Å²) < 4.78 is 28.4. The molecule has 2 saturated heterocycles. The van der Waals surface area contributed by atoms with Crippen molar-refractivity contribution in [3.8, 4) is 0 Å². The zero-order chi connectivity index (χ0) is 25.8. The van der Waals surface area contributed by atoms with Crippen LogP contribution in [-0.4, -0.2) is 67.2 Å². The minimum Gasteiger partial charge on any atom is -0.339 e. The third-order valence-corrected chi connectivity index (χ3v) is 9.51. The summed E-state index contributed by atoms with van der Waals surface area (Å²) in [6.07, 6.45) is 2.21. The van der Waals surface area contributed by atoms with Gasteiger partial charge in [-0.05, 0) is 43.0 Å². The normalized spacial score (nSPS) is 19.7. The Morgan fingerprint density at radius 2 is 1.32 bits per heavy atom. The number of sulfonamides is 1. The largest absolute Gasteiger partial charge is 0.339 e. The maximum atomic E-state index is 13.7. The summed E-state index contributed by atoms with van der Waals surface area (Å²) in [5, 5.41) is 0. The molecule has 0 spiro atoms. The van der Waals surface area contributed by atoms with Crippen LogP contribution in [0.25, 0.3) is 0 Å². The molecule has 0 N–H and O–H groups in total. The maximum absolute atomic E-state index is 13.7. The fraction of sp³-hybridized carbons (Fsp3) is 0.367. The highest BCUT2D eigenvalue weighted by Crippen LogP contribution is 2.31. The molecule has 0 radical (unpaired) electrons. The van der Waals surface area contributed by atoms with Crippen LogP contribution in [0.5, 0.6) is 0 Å². The van der Waals surface area contributed by atoms with Gasteiger partial charge in [-0.25, -0.2) is 8.42 Å². The van der Waals surface area contributed by atoms with Gasteiger partial charge in [-0.1, -0.05) is 84.8 Å². The van der Waals surface area contributed by atoms with Crippen molar-refractivity contribution < 1.29 is 13.2 Å². The summed E-state index contributed by atoms with van der Waals surface area (Å²) >= 11 is 0. The topological polar surface area (TPSA) is 60.9 Å². The molecule has 5 rings (SSSR count). The van der Waals surface area contributed by atoms with Crippen LogP contribution in [0.4, 0.5) is 0 Å². The first kappa shape index (κ1) is 25.6. The van der Waals surface area contributed by atoms with E-state index < -0.39 is 16.1 Å². The van der Waals surface area contributed by atoms with Crippen molar-refractivity contribution in [2.75, 3.05) is 32.7 Å². The molecule has 1 atom stereocenters. The van der Waals surface area contributed by atoms with Gasteiger partial charge < -0.3 is 4.90 Å². The molecule has 7 heteroatoms. The number of carbonyl (C=O) groups excluding carboxylic acids is 1. The first-order chi connectivity index (χ1) is 17.9. The highest BCUT2D eigenvalue weighted by Gasteiger charge is 2.40. The van der Waals surface area contributed by atoms with Gasteiger partial charge in [0.25, 0.3) is 0 Å². The zero-order valence-electron chi connectivity index (χ0n) is 21.4. The van der Waals surface area contributed by atoms with Crippen LogP contribution in [0.2, 0.25) is 0 Å². The van der Waals surface area contributed by atoms with Gasteiger partial charge in [0.2, 0.25) is 15.9 Å². The summed E-state index contributed by atoms with van der Waals surface area (Å²) in [5.41, 5.74) is 3.47. The monoisotopic (exact) mass is 517 g/mol. The molecule has 37 heavy (non-hydrogen) atoms. The number of benzene rings is 3. The number of nitrogens with zero attached hydrogens (tertiary/aromatic N) is 3. The van der Waals surface area contributed by atoms with Gasteiger partial charge in [0.15, 0.2) is 0 Å². The van der Waals surface area contributed by atoms with Crippen molar-refractivity contribution in [1.29, 1.82) is 0 Å². The van der Waals surface area contributed by atoms with Crippen LogP contribution in [0, 0.1) is 6.92 Å². The Morgan fingerprint density at radius 1 is 0.757 bits per heavy atom. The van der Waals surface area contributed by atoms with Gasteiger partial charge >= 0.3 is 0 Å². The number of piperidine rings is 1. The highest BCUT2D eigenvalue weighted by atomic mass is 32.2. The molecule has 2 heterocycles. The van der Waals surface area contributed by atoms with Crippen molar-refractivity contribution >= 4 is 15.9 Å². The third-order valence-electron chi connectivity index (χ3n) is 7.59. The van der Waals surface area contributed by atoms with Crippen molar-refractivity contribution in [2.24, 2.45) is 0 Å². The Bertz CT molecular complexity index is 1250. The van der Waals surface area contributed by atoms with E-state index in [4.69, 9.17) is 0 Å². The molecule has 6 nitrogen and oxygen atoms in total. The van der Waals surface area contributed by atoms with Crippen LogP contribution < -0.4 is 0 Å². The molecule has 0 saturated carbocycles. The van der Waals surface area contributed by atoms with E-state index in [1.165, 1.54) is 15.4 Å². The Kier molecular flexibility index (Phi) is 7.74. The Balaban J connectivity index is 1.32. The molecule has 0 aliphatic carbocycles. The van der Waals surface area contributed by atoms with Gasteiger partial charge in [0, 0.05) is 32.7 Å². The SMILES string of the molecule is Cc1ccc(S(=O)(=O)N2CCCC[C@H]2C(=O)N2CCN(C(c3ccccc3)c3ccccc3)CC2)cc1. The summed E-state index contributed by atoms with van der Waals surface area (Å²) in [4.78, 5) is 18.3. The van der Waals surface area contributed by atoms with E-state index in [1.54, 1.807) is 12.1 Å². The molecule has 3 aromatic carbocycles. The highest BCUT2D eigenvalue weighted by molar-refractivity contribution is 7.89. The summed E-state index contributed by atoms with van der Waals surface area (Å²) in [6, 6.07) is 27.4. The quantitative estimate of drug-likeness (QED) is 0.484. The fourth-order valence-electron chi connectivity index (χ4n) is 5.58. The third kappa shape index (κ3) is 5.49.